The average molecular weight is 318 g/mol. The summed E-state index contributed by atoms with van der Waals surface area (Å²) < 4.78 is 0.845. The molecular formula is C14H27N3OS2. The molecule has 1 rings (SSSR count). The van der Waals surface area contributed by atoms with Gasteiger partial charge in [0.1, 0.15) is 0 Å². The fraction of sp³-hybridized carbons (Fsp3) is 0.857. The highest BCUT2D eigenvalue weighted by Gasteiger charge is 2.07. The Morgan fingerprint density at radius 1 is 1.10 bits per heavy atom. The Bertz CT molecular complexity index is 347. The standard InChI is InChI=1S/C14H27N3OS2/c1-2-3-4-5-6-7-8-9-10-12(18)11-19-14-17-16-13(15)20-14/h12,18H,2-11H2,1H3,(H2,15,16). The molecule has 116 valence electrons. The van der Waals surface area contributed by atoms with Crippen molar-refractivity contribution in [1.29, 1.82) is 0 Å². The molecule has 0 aliphatic carbocycles. The van der Waals surface area contributed by atoms with E-state index in [0.717, 1.165) is 17.2 Å². The smallest absolute Gasteiger partial charge is 0.203 e. The molecule has 1 aromatic heterocycles. The molecule has 20 heavy (non-hydrogen) atoms. The number of aromatic nitrogens is 2. The van der Waals surface area contributed by atoms with E-state index in [1.165, 1.54) is 56.3 Å². The largest absolute Gasteiger partial charge is 0.392 e. The van der Waals surface area contributed by atoms with Crippen LogP contribution in [-0.2, 0) is 0 Å². The van der Waals surface area contributed by atoms with Crippen molar-refractivity contribution in [3.63, 3.8) is 0 Å². The Hall–Kier alpha value is -0.330. The maximum Gasteiger partial charge on any atom is 0.203 e. The van der Waals surface area contributed by atoms with Gasteiger partial charge in [0, 0.05) is 5.75 Å². The van der Waals surface area contributed by atoms with Crippen molar-refractivity contribution in [2.24, 2.45) is 0 Å². The number of hydrogen-bond donors (Lipinski definition) is 2. The van der Waals surface area contributed by atoms with Gasteiger partial charge in [-0.3, -0.25) is 0 Å². The van der Waals surface area contributed by atoms with E-state index in [1.807, 2.05) is 0 Å². The molecule has 1 unspecified atom stereocenters. The van der Waals surface area contributed by atoms with Crippen molar-refractivity contribution in [2.45, 2.75) is 75.2 Å². The van der Waals surface area contributed by atoms with Crippen LogP contribution in [0.4, 0.5) is 5.13 Å². The molecule has 6 heteroatoms. The van der Waals surface area contributed by atoms with Crippen LogP contribution >= 0.6 is 23.1 Å². The number of hydrogen-bond acceptors (Lipinski definition) is 6. The Labute approximate surface area is 130 Å². The van der Waals surface area contributed by atoms with Crippen LogP contribution in [0.3, 0.4) is 0 Å². The topological polar surface area (TPSA) is 72.0 Å². The van der Waals surface area contributed by atoms with Gasteiger partial charge in [-0.25, -0.2) is 0 Å². The lowest BCUT2D eigenvalue weighted by Gasteiger charge is -2.08. The first-order valence-electron chi connectivity index (χ1n) is 7.62. The third-order valence-corrected chi connectivity index (χ3v) is 5.24. The zero-order chi connectivity index (χ0) is 14.6. The van der Waals surface area contributed by atoms with E-state index < -0.39 is 0 Å². The first-order chi connectivity index (χ1) is 9.72. The molecule has 0 saturated carbocycles. The molecule has 0 radical (unpaired) electrons. The fourth-order valence-electron chi connectivity index (χ4n) is 2.04. The van der Waals surface area contributed by atoms with Gasteiger partial charge in [0.05, 0.1) is 6.10 Å². The van der Waals surface area contributed by atoms with E-state index in [-0.39, 0.29) is 6.10 Å². The van der Waals surface area contributed by atoms with E-state index in [1.54, 1.807) is 11.8 Å². The highest BCUT2D eigenvalue weighted by Crippen LogP contribution is 2.24. The number of rotatable bonds is 12. The summed E-state index contributed by atoms with van der Waals surface area (Å²) in [5, 5.41) is 18.1. The third kappa shape index (κ3) is 8.76. The third-order valence-electron chi connectivity index (χ3n) is 3.21. The van der Waals surface area contributed by atoms with Gasteiger partial charge in [0.25, 0.3) is 0 Å². The van der Waals surface area contributed by atoms with Gasteiger partial charge in [-0.05, 0) is 6.42 Å². The van der Waals surface area contributed by atoms with Crippen LogP contribution in [0.2, 0.25) is 0 Å². The van der Waals surface area contributed by atoms with Crippen molar-refractivity contribution in [3.05, 3.63) is 0 Å². The van der Waals surface area contributed by atoms with Crippen LogP contribution < -0.4 is 5.73 Å². The molecule has 1 aromatic rings. The molecule has 1 heterocycles. The summed E-state index contributed by atoms with van der Waals surface area (Å²) in [4.78, 5) is 0. The van der Waals surface area contributed by atoms with E-state index in [4.69, 9.17) is 5.73 Å². The molecule has 0 aromatic carbocycles. The van der Waals surface area contributed by atoms with Gasteiger partial charge in [0.15, 0.2) is 4.34 Å². The second-order valence-electron chi connectivity index (χ2n) is 5.13. The van der Waals surface area contributed by atoms with Gasteiger partial charge in [-0.1, -0.05) is 81.4 Å². The second-order valence-corrected chi connectivity index (χ2v) is 7.41. The molecule has 1 atom stereocenters. The van der Waals surface area contributed by atoms with Crippen LogP contribution in [0.25, 0.3) is 0 Å². The zero-order valence-corrected chi connectivity index (χ0v) is 14.0. The van der Waals surface area contributed by atoms with Crippen LogP contribution in [0.5, 0.6) is 0 Å². The van der Waals surface area contributed by atoms with Crippen molar-refractivity contribution in [2.75, 3.05) is 11.5 Å². The Balaban J connectivity index is 1.91. The van der Waals surface area contributed by atoms with Crippen LogP contribution in [-0.4, -0.2) is 27.2 Å². The average Bonchev–Trinajstić information content (AvgIpc) is 2.85. The summed E-state index contributed by atoms with van der Waals surface area (Å²) in [5.41, 5.74) is 5.51. The molecule has 3 N–H and O–H groups in total. The molecule has 0 spiro atoms. The lowest BCUT2D eigenvalue weighted by atomic mass is 10.1. The lowest BCUT2D eigenvalue weighted by Crippen LogP contribution is -2.09. The number of unbranched alkanes of at least 4 members (excludes halogenated alkanes) is 7. The number of aliphatic hydroxyl groups is 1. The quantitative estimate of drug-likeness (QED) is 0.448. The minimum Gasteiger partial charge on any atom is -0.392 e. The predicted octanol–water partition coefficient (Wildman–Crippen LogP) is 4.10. The van der Waals surface area contributed by atoms with Gasteiger partial charge in [-0.15, -0.1) is 10.2 Å². The molecule has 0 bridgehead atoms. The Kier molecular flexibility index (Phi) is 10.1. The Morgan fingerprint density at radius 2 is 1.75 bits per heavy atom. The Morgan fingerprint density at radius 3 is 2.35 bits per heavy atom. The number of nitrogens with zero attached hydrogens (tertiary/aromatic N) is 2. The summed E-state index contributed by atoms with van der Waals surface area (Å²) in [6.07, 6.45) is 11.1. The molecular weight excluding hydrogens is 290 g/mol. The van der Waals surface area contributed by atoms with Crippen LogP contribution in [0.1, 0.15) is 64.7 Å². The number of nitrogens with two attached hydrogens (primary N) is 1. The molecule has 0 fully saturated rings. The molecule has 0 saturated heterocycles. The van der Waals surface area contributed by atoms with Crippen molar-refractivity contribution in [3.8, 4) is 0 Å². The maximum absolute atomic E-state index is 9.89. The lowest BCUT2D eigenvalue weighted by molar-refractivity contribution is 0.185. The number of anilines is 1. The first kappa shape index (κ1) is 17.7. The fourth-order valence-corrected chi connectivity index (χ4v) is 3.68. The van der Waals surface area contributed by atoms with Crippen molar-refractivity contribution >= 4 is 28.2 Å². The summed E-state index contributed by atoms with van der Waals surface area (Å²) in [5.74, 6) is 0.686. The summed E-state index contributed by atoms with van der Waals surface area (Å²) >= 11 is 2.92. The molecule has 0 aliphatic heterocycles. The minimum atomic E-state index is -0.245. The molecule has 0 aliphatic rings. The summed E-state index contributed by atoms with van der Waals surface area (Å²) in [6, 6.07) is 0. The summed E-state index contributed by atoms with van der Waals surface area (Å²) in [6.45, 7) is 2.25. The highest BCUT2D eigenvalue weighted by molar-refractivity contribution is 8.01. The normalized spacial score (nSPS) is 12.7. The summed E-state index contributed by atoms with van der Waals surface area (Å²) in [7, 11) is 0. The number of nitrogen functional groups attached to an aromatic ring is 1. The van der Waals surface area contributed by atoms with Crippen LogP contribution in [0, 0.1) is 0 Å². The van der Waals surface area contributed by atoms with E-state index in [2.05, 4.69) is 17.1 Å². The van der Waals surface area contributed by atoms with Gasteiger partial charge in [0.2, 0.25) is 5.13 Å². The second kappa shape index (κ2) is 11.3. The first-order valence-corrected chi connectivity index (χ1v) is 9.42. The molecule has 4 nitrogen and oxygen atoms in total. The van der Waals surface area contributed by atoms with E-state index in [0.29, 0.717) is 10.9 Å². The van der Waals surface area contributed by atoms with Crippen molar-refractivity contribution in [1.82, 2.24) is 10.2 Å². The SMILES string of the molecule is CCCCCCCCCCC(O)CSc1nnc(N)s1. The predicted molar refractivity (Wildman–Crippen MR) is 88.3 cm³/mol. The highest BCUT2D eigenvalue weighted by atomic mass is 32.2. The zero-order valence-electron chi connectivity index (χ0n) is 12.4. The van der Waals surface area contributed by atoms with Gasteiger partial charge in [-0.2, -0.15) is 0 Å². The van der Waals surface area contributed by atoms with Crippen molar-refractivity contribution < 1.29 is 5.11 Å². The van der Waals surface area contributed by atoms with Gasteiger partial charge < -0.3 is 10.8 Å². The van der Waals surface area contributed by atoms with Gasteiger partial charge >= 0.3 is 0 Å². The number of thioether (sulfide) groups is 1. The van der Waals surface area contributed by atoms with E-state index >= 15 is 0 Å². The molecule has 0 amide bonds. The van der Waals surface area contributed by atoms with E-state index in [9.17, 15) is 5.11 Å². The number of aliphatic hydroxyl groups excluding tert-OH is 1. The monoisotopic (exact) mass is 317 g/mol. The minimum absolute atomic E-state index is 0.245. The maximum atomic E-state index is 9.89. The van der Waals surface area contributed by atoms with Crippen LogP contribution in [0.15, 0.2) is 4.34 Å².